The Kier molecular flexibility index (Phi) is 5.57. The number of nitrogens with zero attached hydrogens (tertiary/aromatic N) is 1. The van der Waals surface area contributed by atoms with Gasteiger partial charge in [-0.25, -0.2) is 0 Å². The predicted molar refractivity (Wildman–Crippen MR) is 96.0 cm³/mol. The Morgan fingerprint density at radius 1 is 1.29 bits per heavy atom. The van der Waals surface area contributed by atoms with Crippen molar-refractivity contribution in [3.63, 3.8) is 0 Å². The maximum Gasteiger partial charge on any atom is 0.231 e. The standard InChI is InChI=1S/C20H30N2O2/c1-16-14-22(13-8-18(16)17-6-4-3-5-7-17)19(23)20(15-24-2)9-11-21-12-10-20/h3-7,16,18,21H,8-15H2,1-2H3. The molecule has 4 nitrogen and oxygen atoms in total. The summed E-state index contributed by atoms with van der Waals surface area (Å²) in [5, 5.41) is 3.37. The molecular formula is C20H30N2O2. The van der Waals surface area contributed by atoms with Crippen LogP contribution in [0.3, 0.4) is 0 Å². The van der Waals surface area contributed by atoms with Gasteiger partial charge < -0.3 is 15.0 Å². The molecule has 1 aromatic carbocycles. The molecule has 2 heterocycles. The van der Waals surface area contributed by atoms with Gasteiger partial charge in [-0.1, -0.05) is 37.3 Å². The average Bonchev–Trinajstić information content (AvgIpc) is 2.63. The molecule has 132 valence electrons. The number of nitrogens with one attached hydrogen (secondary N) is 1. The highest BCUT2D eigenvalue weighted by atomic mass is 16.5. The Bertz CT molecular complexity index is 534. The molecule has 4 heteroatoms. The molecule has 2 fully saturated rings. The molecule has 0 aliphatic carbocycles. The van der Waals surface area contributed by atoms with Crippen LogP contribution in [0.1, 0.15) is 37.7 Å². The second-order valence-corrected chi connectivity index (χ2v) is 7.50. The quantitative estimate of drug-likeness (QED) is 0.923. The molecule has 3 rings (SSSR count). The fourth-order valence-corrected chi connectivity index (χ4v) is 4.46. The number of rotatable bonds is 4. The van der Waals surface area contributed by atoms with Crippen LogP contribution in [0.2, 0.25) is 0 Å². The van der Waals surface area contributed by atoms with Gasteiger partial charge in [0.2, 0.25) is 5.91 Å². The van der Waals surface area contributed by atoms with Crippen LogP contribution in [0.5, 0.6) is 0 Å². The molecule has 0 bridgehead atoms. The molecule has 2 saturated heterocycles. The summed E-state index contributed by atoms with van der Waals surface area (Å²) >= 11 is 0. The lowest BCUT2D eigenvalue weighted by molar-refractivity contribution is -0.149. The summed E-state index contributed by atoms with van der Waals surface area (Å²) in [4.78, 5) is 15.4. The van der Waals surface area contributed by atoms with Crippen LogP contribution in [0.25, 0.3) is 0 Å². The highest BCUT2D eigenvalue weighted by Gasteiger charge is 2.43. The molecule has 0 spiro atoms. The van der Waals surface area contributed by atoms with Gasteiger partial charge >= 0.3 is 0 Å². The van der Waals surface area contributed by atoms with E-state index in [1.165, 1.54) is 5.56 Å². The van der Waals surface area contributed by atoms with Crippen LogP contribution in [-0.4, -0.2) is 50.7 Å². The minimum Gasteiger partial charge on any atom is -0.384 e. The fraction of sp³-hybridized carbons (Fsp3) is 0.650. The zero-order valence-corrected chi connectivity index (χ0v) is 15.0. The second-order valence-electron chi connectivity index (χ2n) is 7.50. The monoisotopic (exact) mass is 330 g/mol. The minimum atomic E-state index is -0.320. The largest absolute Gasteiger partial charge is 0.384 e. The third kappa shape index (κ3) is 3.50. The Morgan fingerprint density at radius 3 is 2.62 bits per heavy atom. The summed E-state index contributed by atoms with van der Waals surface area (Å²) in [5.74, 6) is 1.36. The van der Waals surface area contributed by atoms with E-state index in [9.17, 15) is 4.79 Å². The van der Waals surface area contributed by atoms with Crippen molar-refractivity contribution >= 4 is 5.91 Å². The van der Waals surface area contributed by atoms with Gasteiger partial charge in [0.1, 0.15) is 0 Å². The van der Waals surface area contributed by atoms with E-state index in [4.69, 9.17) is 4.74 Å². The van der Waals surface area contributed by atoms with Gasteiger partial charge in [-0.15, -0.1) is 0 Å². The van der Waals surface area contributed by atoms with Crippen LogP contribution in [0.15, 0.2) is 30.3 Å². The Labute approximate surface area is 145 Å². The van der Waals surface area contributed by atoms with E-state index in [0.29, 0.717) is 24.3 Å². The first-order valence-electron chi connectivity index (χ1n) is 9.20. The molecule has 2 unspecified atom stereocenters. The number of amides is 1. The summed E-state index contributed by atoms with van der Waals surface area (Å²) in [6, 6.07) is 10.7. The summed E-state index contributed by atoms with van der Waals surface area (Å²) < 4.78 is 5.44. The highest BCUT2D eigenvalue weighted by molar-refractivity contribution is 5.83. The number of carbonyl (C=O) groups excluding carboxylic acids is 1. The van der Waals surface area contributed by atoms with Crippen molar-refractivity contribution < 1.29 is 9.53 Å². The number of hydrogen-bond donors (Lipinski definition) is 1. The number of hydrogen-bond acceptors (Lipinski definition) is 3. The van der Waals surface area contributed by atoms with Crippen LogP contribution in [-0.2, 0) is 9.53 Å². The Hall–Kier alpha value is -1.39. The molecule has 0 radical (unpaired) electrons. The molecule has 2 atom stereocenters. The van der Waals surface area contributed by atoms with Gasteiger partial charge in [0, 0.05) is 20.2 Å². The summed E-state index contributed by atoms with van der Waals surface area (Å²) in [5.41, 5.74) is 1.09. The molecule has 0 aromatic heterocycles. The average molecular weight is 330 g/mol. The van der Waals surface area contributed by atoms with Gasteiger partial charge in [0.25, 0.3) is 0 Å². The summed E-state index contributed by atoms with van der Waals surface area (Å²) in [6.45, 7) is 6.36. The number of carbonyl (C=O) groups is 1. The lowest BCUT2D eigenvalue weighted by atomic mass is 9.76. The lowest BCUT2D eigenvalue weighted by Crippen LogP contribution is -2.54. The first kappa shape index (κ1) is 17.4. The van der Waals surface area contributed by atoms with Gasteiger partial charge in [-0.2, -0.15) is 0 Å². The van der Waals surface area contributed by atoms with Crippen molar-refractivity contribution in [2.75, 3.05) is 39.9 Å². The van der Waals surface area contributed by atoms with E-state index in [0.717, 1.165) is 45.4 Å². The number of piperidine rings is 2. The molecular weight excluding hydrogens is 300 g/mol. The van der Waals surface area contributed by atoms with Gasteiger partial charge in [0.15, 0.2) is 0 Å². The van der Waals surface area contributed by atoms with E-state index in [1.807, 2.05) is 0 Å². The number of ether oxygens (including phenoxy) is 1. The molecule has 1 aromatic rings. The van der Waals surface area contributed by atoms with E-state index in [2.05, 4.69) is 47.5 Å². The third-order valence-electron chi connectivity index (χ3n) is 5.86. The highest BCUT2D eigenvalue weighted by Crippen LogP contribution is 2.37. The maximum absolute atomic E-state index is 13.3. The fourth-order valence-electron chi connectivity index (χ4n) is 4.46. The van der Waals surface area contributed by atoms with Crippen LogP contribution in [0.4, 0.5) is 0 Å². The van der Waals surface area contributed by atoms with Crippen molar-refractivity contribution in [2.45, 2.75) is 32.1 Å². The number of methoxy groups -OCH3 is 1. The molecule has 0 saturated carbocycles. The first-order valence-corrected chi connectivity index (χ1v) is 9.20. The maximum atomic E-state index is 13.3. The molecule has 24 heavy (non-hydrogen) atoms. The van der Waals surface area contributed by atoms with Crippen molar-refractivity contribution in [3.05, 3.63) is 35.9 Å². The number of benzene rings is 1. The second kappa shape index (κ2) is 7.66. The zero-order chi connectivity index (χ0) is 17.0. The van der Waals surface area contributed by atoms with E-state index in [-0.39, 0.29) is 5.41 Å². The normalized spacial score (nSPS) is 27.0. The van der Waals surface area contributed by atoms with E-state index in [1.54, 1.807) is 7.11 Å². The summed E-state index contributed by atoms with van der Waals surface area (Å²) in [6.07, 6.45) is 2.82. The van der Waals surface area contributed by atoms with Crippen LogP contribution < -0.4 is 5.32 Å². The molecule has 1 amide bonds. The van der Waals surface area contributed by atoms with Gasteiger partial charge in [-0.05, 0) is 49.8 Å². The SMILES string of the molecule is COCC1(C(=O)N2CCC(c3ccccc3)C(C)C2)CCNCC1. The minimum absolute atomic E-state index is 0.309. The molecule has 1 N–H and O–H groups in total. The van der Waals surface area contributed by atoms with Gasteiger partial charge in [-0.3, -0.25) is 4.79 Å². The van der Waals surface area contributed by atoms with Gasteiger partial charge in [0.05, 0.1) is 12.0 Å². The predicted octanol–water partition coefficient (Wildman–Crippen LogP) is 2.65. The van der Waals surface area contributed by atoms with Crippen molar-refractivity contribution in [2.24, 2.45) is 11.3 Å². The Morgan fingerprint density at radius 2 is 2.00 bits per heavy atom. The van der Waals surface area contributed by atoms with Crippen molar-refractivity contribution in [1.82, 2.24) is 10.2 Å². The summed E-state index contributed by atoms with van der Waals surface area (Å²) in [7, 11) is 1.71. The number of likely N-dealkylation sites (tertiary alicyclic amines) is 1. The molecule has 2 aliphatic heterocycles. The van der Waals surface area contributed by atoms with Crippen LogP contribution >= 0.6 is 0 Å². The van der Waals surface area contributed by atoms with E-state index >= 15 is 0 Å². The van der Waals surface area contributed by atoms with Crippen LogP contribution in [0, 0.1) is 11.3 Å². The molecule has 2 aliphatic rings. The first-order chi connectivity index (χ1) is 11.7. The smallest absolute Gasteiger partial charge is 0.231 e. The lowest BCUT2D eigenvalue weighted by Gasteiger charge is -2.44. The topological polar surface area (TPSA) is 41.6 Å². The zero-order valence-electron chi connectivity index (χ0n) is 15.0. The third-order valence-corrected chi connectivity index (χ3v) is 5.86. The Balaban J connectivity index is 1.69. The van der Waals surface area contributed by atoms with E-state index < -0.39 is 0 Å². The van der Waals surface area contributed by atoms with Crippen molar-refractivity contribution in [1.29, 1.82) is 0 Å². The van der Waals surface area contributed by atoms with Crippen molar-refractivity contribution in [3.8, 4) is 0 Å².